The van der Waals surface area contributed by atoms with Crippen LogP contribution in [0, 0.1) is 0 Å². The summed E-state index contributed by atoms with van der Waals surface area (Å²) in [4.78, 5) is 32.1. The van der Waals surface area contributed by atoms with Gasteiger partial charge < -0.3 is 14.7 Å². The molecular formula is C21H24ClN3O2. The molecule has 1 heterocycles. The Hall–Kier alpha value is -2.37. The van der Waals surface area contributed by atoms with Crippen LogP contribution in [0.1, 0.15) is 34.1 Å². The Morgan fingerprint density at radius 3 is 2.30 bits per heavy atom. The van der Waals surface area contributed by atoms with Crippen LogP contribution in [0.5, 0.6) is 0 Å². The number of anilines is 2. The fourth-order valence-corrected chi connectivity index (χ4v) is 3.56. The first-order valence-electron chi connectivity index (χ1n) is 9.11. The van der Waals surface area contributed by atoms with Crippen molar-refractivity contribution >= 4 is 34.8 Å². The van der Waals surface area contributed by atoms with Crippen molar-refractivity contribution in [2.45, 2.75) is 13.3 Å². The van der Waals surface area contributed by atoms with E-state index in [0.717, 1.165) is 13.0 Å². The number of halogens is 1. The first-order valence-corrected chi connectivity index (χ1v) is 9.49. The average molecular weight is 386 g/mol. The van der Waals surface area contributed by atoms with Crippen molar-refractivity contribution in [3.05, 3.63) is 58.6 Å². The summed E-state index contributed by atoms with van der Waals surface area (Å²) in [6, 6.07) is 12.4. The molecule has 2 amide bonds. The number of nitrogens with zero attached hydrogens (tertiary/aromatic N) is 3. The van der Waals surface area contributed by atoms with Crippen LogP contribution in [0.3, 0.4) is 0 Å². The molecule has 1 aliphatic rings. The second-order valence-corrected chi connectivity index (χ2v) is 7.28. The molecule has 142 valence electrons. The number of hydrogen-bond acceptors (Lipinski definition) is 3. The summed E-state index contributed by atoms with van der Waals surface area (Å²) in [5.74, 6) is -0.236. The van der Waals surface area contributed by atoms with Crippen molar-refractivity contribution in [3.8, 4) is 0 Å². The summed E-state index contributed by atoms with van der Waals surface area (Å²) >= 11 is 6.22. The quantitative estimate of drug-likeness (QED) is 0.783. The molecule has 0 spiro atoms. The molecule has 0 saturated heterocycles. The molecule has 0 radical (unpaired) electrons. The van der Waals surface area contributed by atoms with Gasteiger partial charge in [-0.3, -0.25) is 9.59 Å². The van der Waals surface area contributed by atoms with Gasteiger partial charge >= 0.3 is 0 Å². The van der Waals surface area contributed by atoms with Gasteiger partial charge in [0.2, 0.25) is 0 Å². The number of para-hydroxylation sites is 1. The molecule has 0 unspecified atom stereocenters. The summed E-state index contributed by atoms with van der Waals surface area (Å²) in [7, 11) is 4.00. The lowest BCUT2D eigenvalue weighted by molar-refractivity contribution is 0.0974. The highest BCUT2D eigenvalue weighted by molar-refractivity contribution is 6.31. The molecule has 0 N–H and O–H groups in total. The van der Waals surface area contributed by atoms with Crippen LogP contribution >= 0.6 is 11.6 Å². The van der Waals surface area contributed by atoms with Gasteiger partial charge in [0, 0.05) is 18.1 Å². The van der Waals surface area contributed by atoms with Crippen LogP contribution in [0.25, 0.3) is 0 Å². The minimum Gasteiger partial charge on any atom is -0.309 e. The molecule has 0 bridgehead atoms. The molecule has 0 atom stereocenters. The predicted molar refractivity (Wildman–Crippen MR) is 110 cm³/mol. The third-order valence-corrected chi connectivity index (χ3v) is 4.93. The van der Waals surface area contributed by atoms with E-state index >= 15 is 0 Å². The standard InChI is InChI=1S/C21H24ClN3O2/c1-4-24-18-9-6-5-8-16(18)21(27)25(13-7-12-23(2)3)19-14-15(22)10-11-17(19)20(24)26/h5-6,8-11,14H,4,7,12-13H2,1-3H3. The molecular weight excluding hydrogens is 362 g/mol. The second kappa shape index (κ2) is 8.11. The number of benzene rings is 2. The van der Waals surface area contributed by atoms with Crippen molar-refractivity contribution in [1.82, 2.24) is 4.90 Å². The molecule has 0 fully saturated rings. The third kappa shape index (κ3) is 3.84. The fourth-order valence-electron chi connectivity index (χ4n) is 3.39. The topological polar surface area (TPSA) is 43.9 Å². The number of amides is 2. The van der Waals surface area contributed by atoms with Crippen molar-refractivity contribution < 1.29 is 9.59 Å². The number of carbonyl (C=O) groups excluding carboxylic acids is 2. The normalized spacial score (nSPS) is 14.1. The van der Waals surface area contributed by atoms with E-state index < -0.39 is 0 Å². The molecule has 5 nitrogen and oxygen atoms in total. The number of hydrogen-bond donors (Lipinski definition) is 0. The average Bonchev–Trinajstić information content (AvgIpc) is 2.64. The van der Waals surface area contributed by atoms with E-state index in [1.165, 1.54) is 0 Å². The summed E-state index contributed by atoms with van der Waals surface area (Å²) in [6.45, 7) is 3.74. The monoisotopic (exact) mass is 385 g/mol. The Kier molecular flexibility index (Phi) is 5.82. The largest absolute Gasteiger partial charge is 0.309 e. The van der Waals surface area contributed by atoms with E-state index in [1.54, 1.807) is 34.1 Å². The first kappa shape index (κ1) is 19.4. The van der Waals surface area contributed by atoms with Crippen LogP contribution in [-0.2, 0) is 0 Å². The van der Waals surface area contributed by atoms with Crippen LogP contribution in [0.4, 0.5) is 11.4 Å². The van der Waals surface area contributed by atoms with Gasteiger partial charge in [-0.25, -0.2) is 0 Å². The van der Waals surface area contributed by atoms with Gasteiger partial charge in [-0.1, -0.05) is 23.7 Å². The summed E-state index contributed by atoms with van der Waals surface area (Å²) in [5, 5.41) is 0.504. The highest BCUT2D eigenvalue weighted by Crippen LogP contribution is 2.34. The molecule has 0 aliphatic carbocycles. The van der Waals surface area contributed by atoms with E-state index in [-0.39, 0.29) is 11.8 Å². The molecule has 0 saturated carbocycles. The molecule has 27 heavy (non-hydrogen) atoms. The van der Waals surface area contributed by atoms with Crippen LogP contribution < -0.4 is 9.80 Å². The third-order valence-electron chi connectivity index (χ3n) is 4.70. The minimum atomic E-state index is -0.123. The molecule has 3 rings (SSSR count). The number of fused-ring (bicyclic) bond motifs is 2. The second-order valence-electron chi connectivity index (χ2n) is 6.84. The van der Waals surface area contributed by atoms with Crippen molar-refractivity contribution in [3.63, 3.8) is 0 Å². The lowest BCUT2D eigenvalue weighted by Crippen LogP contribution is -2.41. The van der Waals surface area contributed by atoms with Crippen molar-refractivity contribution in [1.29, 1.82) is 0 Å². The van der Waals surface area contributed by atoms with E-state index in [2.05, 4.69) is 4.90 Å². The zero-order valence-electron chi connectivity index (χ0n) is 15.9. The minimum absolute atomic E-state index is 0.112. The molecule has 2 aromatic carbocycles. The fraction of sp³-hybridized carbons (Fsp3) is 0.333. The molecule has 6 heteroatoms. The lowest BCUT2D eigenvalue weighted by atomic mass is 10.0. The maximum atomic E-state index is 13.4. The van der Waals surface area contributed by atoms with E-state index in [0.29, 0.717) is 40.6 Å². The molecule has 2 aromatic rings. The zero-order valence-corrected chi connectivity index (χ0v) is 16.7. The van der Waals surface area contributed by atoms with E-state index in [9.17, 15) is 9.59 Å². The summed E-state index contributed by atoms with van der Waals surface area (Å²) in [6.07, 6.45) is 0.790. The van der Waals surface area contributed by atoms with Gasteiger partial charge in [0.25, 0.3) is 11.8 Å². The van der Waals surface area contributed by atoms with Gasteiger partial charge in [-0.05, 0) is 64.3 Å². The van der Waals surface area contributed by atoms with Gasteiger partial charge in [-0.2, -0.15) is 0 Å². The van der Waals surface area contributed by atoms with Gasteiger partial charge in [-0.15, -0.1) is 0 Å². The Balaban J connectivity index is 2.15. The Bertz CT molecular complexity index is 866. The highest BCUT2D eigenvalue weighted by Gasteiger charge is 2.32. The zero-order chi connectivity index (χ0) is 19.6. The molecule has 0 aromatic heterocycles. The maximum Gasteiger partial charge on any atom is 0.260 e. The Morgan fingerprint density at radius 1 is 0.926 bits per heavy atom. The SMILES string of the molecule is CCN1C(=O)c2ccc(Cl)cc2N(CCCN(C)C)C(=O)c2ccccc21. The van der Waals surface area contributed by atoms with Crippen LogP contribution in [0.15, 0.2) is 42.5 Å². The van der Waals surface area contributed by atoms with Gasteiger partial charge in [0.1, 0.15) is 0 Å². The van der Waals surface area contributed by atoms with Gasteiger partial charge in [0.05, 0.1) is 22.5 Å². The Labute approximate surface area is 165 Å². The van der Waals surface area contributed by atoms with Crippen molar-refractivity contribution in [2.75, 3.05) is 43.5 Å². The summed E-state index contributed by atoms with van der Waals surface area (Å²) < 4.78 is 0. The maximum absolute atomic E-state index is 13.4. The lowest BCUT2D eigenvalue weighted by Gasteiger charge is -2.33. The number of carbonyl (C=O) groups is 2. The Morgan fingerprint density at radius 2 is 1.59 bits per heavy atom. The first-order chi connectivity index (χ1) is 12.9. The summed E-state index contributed by atoms with van der Waals surface area (Å²) in [5.41, 5.74) is 2.24. The highest BCUT2D eigenvalue weighted by atomic mass is 35.5. The van der Waals surface area contributed by atoms with E-state index in [4.69, 9.17) is 11.6 Å². The van der Waals surface area contributed by atoms with Gasteiger partial charge in [0.15, 0.2) is 0 Å². The van der Waals surface area contributed by atoms with E-state index in [1.807, 2.05) is 39.2 Å². The van der Waals surface area contributed by atoms with Crippen LogP contribution in [-0.4, -0.2) is 50.4 Å². The smallest absolute Gasteiger partial charge is 0.260 e. The van der Waals surface area contributed by atoms with Crippen LogP contribution in [0.2, 0.25) is 5.02 Å². The van der Waals surface area contributed by atoms with Crippen molar-refractivity contribution in [2.24, 2.45) is 0 Å². The molecule has 1 aliphatic heterocycles. The number of rotatable bonds is 5. The predicted octanol–water partition coefficient (Wildman–Crippen LogP) is 3.92.